The first-order valence-corrected chi connectivity index (χ1v) is 11.2. The minimum Gasteiger partial charge on any atom is -0.481 e. The van der Waals surface area contributed by atoms with Gasteiger partial charge in [-0.05, 0) is 86.4 Å². The van der Waals surface area contributed by atoms with Gasteiger partial charge in [0.05, 0.1) is 5.41 Å². The molecule has 4 nitrogen and oxygen atoms in total. The van der Waals surface area contributed by atoms with E-state index >= 15 is 0 Å². The van der Waals surface area contributed by atoms with Gasteiger partial charge in [-0.15, -0.1) is 0 Å². The van der Waals surface area contributed by atoms with E-state index in [2.05, 4.69) is 26.8 Å². The zero-order chi connectivity index (χ0) is 20.3. The van der Waals surface area contributed by atoms with Gasteiger partial charge in [0.25, 0.3) is 6.47 Å². The van der Waals surface area contributed by atoms with Crippen molar-refractivity contribution in [1.82, 2.24) is 0 Å². The maximum absolute atomic E-state index is 12.3. The van der Waals surface area contributed by atoms with E-state index in [4.69, 9.17) is 4.74 Å². The van der Waals surface area contributed by atoms with Crippen molar-refractivity contribution in [3.8, 4) is 0 Å². The molecule has 0 amide bonds. The number of allylic oxidation sites excluding steroid dienone is 2. The average molecular weight is 389 g/mol. The molecule has 0 saturated heterocycles. The van der Waals surface area contributed by atoms with Crippen LogP contribution in [0.2, 0.25) is 0 Å². The average Bonchev–Trinajstić information content (AvgIpc) is 2.87. The number of hydrogen-bond donors (Lipinski definition) is 1. The standard InChI is InChI=1S/C24H36O4/c1-15(2)18-13-24-9-6-19-22(3,7-5-8-23(19,4)21(26)27)20(24)11-16(18)10-17(12-24)28-14-25/h13-17,19-20H,5-12H2,1-4H3,(H,26,27). The van der Waals surface area contributed by atoms with Gasteiger partial charge in [-0.25, -0.2) is 0 Å². The molecule has 3 fully saturated rings. The molecule has 156 valence electrons. The molecule has 1 spiro atoms. The lowest BCUT2D eigenvalue weighted by Crippen LogP contribution is -2.58. The molecule has 0 aromatic carbocycles. The lowest BCUT2D eigenvalue weighted by atomic mass is 9.40. The van der Waals surface area contributed by atoms with Crippen molar-refractivity contribution in [3.63, 3.8) is 0 Å². The summed E-state index contributed by atoms with van der Waals surface area (Å²) in [6, 6.07) is 0. The molecule has 0 radical (unpaired) electrons. The topological polar surface area (TPSA) is 63.6 Å². The number of ether oxygens (including phenoxy) is 1. The number of carbonyl (C=O) groups excluding carboxylic acids is 1. The Hall–Kier alpha value is -1.32. The van der Waals surface area contributed by atoms with Gasteiger partial charge in [0.2, 0.25) is 0 Å². The van der Waals surface area contributed by atoms with Crippen molar-refractivity contribution in [2.45, 2.75) is 85.2 Å². The lowest BCUT2D eigenvalue weighted by molar-refractivity contribution is -0.177. The minimum absolute atomic E-state index is 0.00500. The molecular formula is C24H36O4. The Kier molecular flexibility index (Phi) is 4.71. The van der Waals surface area contributed by atoms with Crippen LogP contribution in [-0.2, 0) is 14.3 Å². The summed E-state index contributed by atoms with van der Waals surface area (Å²) < 4.78 is 5.56. The molecule has 4 heteroatoms. The highest BCUT2D eigenvalue weighted by atomic mass is 16.5. The maximum Gasteiger partial charge on any atom is 0.309 e. The number of carboxylic acid groups (broad SMARTS) is 1. The molecule has 7 unspecified atom stereocenters. The summed E-state index contributed by atoms with van der Waals surface area (Å²) in [5, 5.41) is 10.1. The van der Waals surface area contributed by atoms with Crippen LogP contribution in [0.3, 0.4) is 0 Å². The van der Waals surface area contributed by atoms with Crippen molar-refractivity contribution < 1.29 is 19.4 Å². The highest BCUT2D eigenvalue weighted by Crippen LogP contribution is 2.70. The Bertz CT molecular complexity index is 697. The van der Waals surface area contributed by atoms with Crippen LogP contribution in [0.15, 0.2) is 11.6 Å². The van der Waals surface area contributed by atoms with Crippen LogP contribution < -0.4 is 0 Å². The predicted molar refractivity (Wildman–Crippen MR) is 108 cm³/mol. The third-order valence-electron chi connectivity index (χ3n) is 9.37. The fourth-order valence-corrected chi connectivity index (χ4v) is 8.21. The van der Waals surface area contributed by atoms with E-state index in [1.807, 2.05) is 6.92 Å². The number of aliphatic carboxylic acids is 1. The number of carbonyl (C=O) groups is 2. The van der Waals surface area contributed by atoms with Crippen molar-refractivity contribution in [2.75, 3.05) is 0 Å². The number of carboxylic acids is 1. The molecule has 7 atom stereocenters. The molecule has 3 saturated carbocycles. The van der Waals surface area contributed by atoms with E-state index in [9.17, 15) is 14.7 Å². The Labute approximate surface area is 169 Å². The normalized spacial score (nSPS) is 47.5. The predicted octanol–water partition coefficient (Wildman–Crippen LogP) is 5.22. The van der Waals surface area contributed by atoms with Crippen molar-refractivity contribution in [2.24, 2.45) is 39.9 Å². The van der Waals surface area contributed by atoms with E-state index in [0.717, 1.165) is 51.4 Å². The van der Waals surface area contributed by atoms with Gasteiger partial charge < -0.3 is 9.84 Å². The third-order valence-corrected chi connectivity index (χ3v) is 9.37. The van der Waals surface area contributed by atoms with Gasteiger partial charge in [-0.2, -0.15) is 0 Å². The first kappa shape index (κ1) is 20.0. The first-order chi connectivity index (χ1) is 13.2. The molecule has 28 heavy (non-hydrogen) atoms. The van der Waals surface area contributed by atoms with Crippen LogP contribution in [-0.4, -0.2) is 23.7 Å². The van der Waals surface area contributed by atoms with Crippen LogP contribution in [0.1, 0.15) is 79.1 Å². The van der Waals surface area contributed by atoms with Gasteiger partial charge in [0, 0.05) is 0 Å². The van der Waals surface area contributed by atoms with Gasteiger partial charge in [-0.1, -0.05) is 38.8 Å². The largest absolute Gasteiger partial charge is 0.481 e. The van der Waals surface area contributed by atoms with Gasteiger partial charge in [0.15, 0.2) is 0 Å². The quantitative estimate of drug-likeness (QED) is 0.530. The molecule has 5 rings (SSSR count). The van der Waals surface area contributed by atoms with Gasteiger partial charge in [0.1, 0.15) is 6.10 Å². The summed E-state index contributed by atoms with van der Waals surface area (Å²) in [7, 11) is 0. The van der Waals surface area contributed by atoms with E-state index in [1.54, 1.807) is 5.57 Å². The first-order valence-electron chi connectivity index (χ1n) is 11.2. The van der Waals surface area contributed by atoms with E-state index in [-0.39, 0.29) is 22.9 Å². The second-order valence-electron chi connectivity index (χ2n) is 11.0. The van der Waals surface area contributed by atoms with Gasteiger partial charge in [-0.3, -0.25) is 9.59 Å². The SMILES string of the molecule is CC(C)C1=CC23CCC4C(C)(C(=O)O)CCCC4(C)C2CC1CC(OC=O)C3. The second-order valence-corrected chi connectivity index (χ2v) is 11.0. The number of hydrogen-bond acceptors (Lipinski definition) is 3. The third kappa shape index (κ3) is 2.69. The smallest absolute Gasteiger partial charge is 0.309 e. The van der Waals surface area contributed by atoms with Crippen LogP contribution in [0.25, 0.3) is 0 Å². The Morgan fingerprint density at radius 1 is 1.21 bits per heavy atom. The summed E-state index contributed by atoms with van der Waals surface area (Å²) in [5.41, 5.74) is 1.05. The second kappa shape index (κ2) is 6.60. The van der Waals surface area contributed by atoms with Crippen LogP contribution in [0, 0.1) is 39.9 Å². The van der Waals surface area contributed by atoms with Crippen molar-refractivity contribution >= 4 is 12.4 Å². The van der Waals surface area contributed by atoms with Crippen molar-refractivity contribution in [3.05, 3.63) is 11.6 Å². The fourth-order valence-electron chi connectivity index (χ4n) is 8.21. The molecule has 1 N–H and O–H groups in total. The van der Waals surface area contributed by atoms with E-state index < -0.39 is 11.4 Å². The van der Waals surface area contributed by atoms with E-state index in [1.165, 1.54) is 0 Å². The summed E-state index contributed by atoms with van der Waals surface area (Å²) in [6.07, 6.45) is 10.5. The van der Waals surface area contributed by atoms with Crippen molar-refractivity contribution in [1.29, 1.82) is 0 Å². The summed E-state index contributed by atoms with van der Waals surface area (Å²) in [5.74, 6) is 1.09. The lowest BCUT2D eigenvalue weighted by Gasteiger charge is -2.63. The molecule has 0 aromatic rings. The monoisotopic (exact) mass is 388 g/mol. The molecule has 5 aliphatic rings. The summed E-state index contributed by atoms with van der Waals surface area (Å²) in [6.45, 7) is 9.58. The Morgan fingerprint density at radius 3 is 2.61 bits per heavy atom. The van der Waals surface area contributed by atoms with Crippen LogP contribution >= 0.6 is 0 Å². The van der Waals surface area contributed by atoms with E-state index in [0.29, 0.717) is 24.2 Å². The number of fused-ring (bicyclic) bond motifs is 3. The highest BCUT2D eigenvalue weighted by molar-refractivity contribution is 5.75. The molecule has 2 bridgehead atoms. The zero-order valence-electron chi connectivity index (χ0n) is 17.9. The Balaban J connectivity index is 1.79. The maximum atomic E-state index is 12.3. The molecule has 5 aliphatic carbocycles. The highest BCUT2D eigenvalue weighted by Gasteiger charge is 2.64. The molecule has 0 aliphatic heterocycles. The summed E-state index contributed by atoms with van der Waals surface area (Å²) in [4.78, 5) is 23.4. The van der Waals surface area contributed by atoms with Crippen LogP contribution in [0.5, 0.6) is 0 Å². The van der Waals surface area contributed by atoms with Crippen LogP contribution in [0.4, 0.5) is 0 Å². The summed E-state index contributed by atoms with van der Waals surface area (Å²) >= 11 is 0. The molecule has 0 aromatic heterocycles. The van der Waals surface area contributed by atoms with Gasteiger partial charge >= 0.3 is 5.97 Å². The molecule has 0 heterocycles. The minimum atomic E-state index is -0.612. The Morgan fingerprint density at radius 2 is 1.96 bits per heavy atom. The molecular weight excluding hydrogens is 352 g/mol. The number of rotatable bonds is 4. The fraction of sp³-hybridized carbons (Fsp3) is 0.833. The zero-order valence-corrected chi connectivity index (χ0v) is 17.9.